The molecule has 0 radical (unpaired) electrons. The molecule has 0 saturated carbocycles. The Bertz CT molecular complexity index is 226. The van der Waals surface area contributed by atoms with Crippen molar-refractivity contribution in [2.24, 2.45) is 5.73 Å². The quantitative estimate of drug-likeness (QED) is 0.688. The summed E-state index contributed by atoms with van der Waals surface area (Å²) in [6.07, 6.45) is 0.889. The molecular formula is C9H13NS. The normalized spacial score (nSPS) is 12.9. The Balaban J connectivity index is 2.56. The van der Waals surface area contributed by atoms with Gasteiger partial charge in [-0.15, -0.1) is 17.9 Å². The fourth-order valence-electron chi connectivity index (χ4n) is 0.978. The maximum Gasteiger partial charge on any atom is 0.0427 e. The van der Waals surface area contributed by atoms with Crippen molar-refractivity contribution in [1.29, 1.82) is 0 Å². The zero-order chi connectivity index (χ0) is 8.27. The van der Waals surface area contributed by atoms with Crippen molar-refractivity contribution in [3.63, 3.8) is 0 Å². The van der Waals surface area contributed by atoms with Crippen LogP contribution in [0.15, 0.2) is 29.7 Å². The molecule has 1 rings (SSSR count). The van der Waals surface area contributed by atoms with Crippen LogP contribution in [0.5, 0.6) is 0 Å². The maximum absolute atomic E-state index is 5.89. The van der Waals surface area contributed by atoms with Crippen LogP contribution >= 0.6 is 11.3 Å². The molecule has 0 aliphatic rings. The summed E-state index contributed by atoms with van der Waals surface area (Å²) in [5, 5.41) is 2.05. The minimum atomic E-state index is 0.146. The average molecular weight is 167 g/mol. The first kappa shape index (κ1) is 8.50. The molecule has 11 heavy (non-hydrogen) atoms. The van der Waals surface area contributed by atoms with Gasteiger partial charge in [-0.05, 0) is 24.8 Å². The monoisotopic (exact) mass is 167 g/mol. The van der Waals surface area contributed by atoms with Gasteiger partial charge in [0.2, 0.25) is 0 Å². The van der Waals surface area contributed by atoms with E-state index in [0.29, 0.717) is 0 Å². The Morgan fingerprint density at radius 2 is 2.55 bits per heavy atom. The van der Waals surface area contributed by atoms with Gasteiger partial charge in [0, 0.05) is 10.9 Å². The zero-order valence-electron chi connectivity index (χ0n) is 6.71. The van der Waals surface area contributed by atoms with E-state index in [1.807, 2.05) is 18.4 Å². The second-order valence-corrected chi connectivity index (χ2v) is 3.76. The largest absolute Gasteiger partial charge is 0.323 e. The van der Waals surface area contributed by atoms with Crippen LogP contribution in [0.3, 0.4) is 0 Å². The summed E-state index contributed by atoms with van der Waals surface area (Å²) in [5.74, 6) is 0. The third kappa shape index (κ3) is 2.48. The molecule has 1 aromatic heterocycles. The molecule has 1 atom stereocenters. The fourth-order valence-corrected chi connectivity index (χ4v) is 1.71. The second-order valence-electron chi connectivity index (χ2n) is 2.78. The molecule has 1 aromatic rings. The Morgan fingerprint density at radius 1 is 1.82 bits per heavy atom. The minimum absolute atomic E-state index is 0.146. The molecule has 1 nitrogen and oxygen atoms in total. The summed E-state index contributed by atoms with van der Waals surface area (Å²) >= 11 is 1.71. The van der Waals surface area contributed by atoms with Gasteiger partial charge in [0.05, 0.1) is 0 Å². The number of hydrogen-bond acceptors (Lipinski definition) is 2. The second kappa shape index (κ2) is 3.69. The lowest BCUT2D eigenvalue weighted by Gasteiger charge is -2.07. The molecule has 1 heterocycles. The summed E-state index contributed by atoms with van der Waals surface area (Å²) in [5.41, 5.74) is 7.03. The molecule has 60 valence electrons. The summed E-state index contributed by atoms with van der Waals surface area (Å²) in [6.45, 7) is 5.84. The standard InChI is InChI=1S/C9H13NS/c1-7(2)6-8(10)9-4-3-5-11-9/h3-5,8H,1,6,10H2,2H3/t8-/m1/s1. The maximum atomic E-state index is 5.89. The van der Waals surface area contributed by atoms with E-state index in [1.54, 1.807) is 11.3 Å². The molecule has 2 N–H and O–H groups in total. The van der Waals surface area contributed by atoms with Gasteiger partial charge in [0.15, 0.2) is 0 Å². The smallest absolute Gasteiger partial charge is 0.0427 e. The minimum Gasteiger partial charge on any atom is -0.323 e. The fraction of sp³-hybridized carbons (Fsp3) is 0.333. The third-order valence-corrected chi connectivity index (χ3v) is 2.48. The molecule has 0 aromatic carbocycles. The number of thiophene rings is 1. The van der Waals surface area contributed by atoms with Crippen LogP contribution in [-0.4, -0.2) is 0 Å². The summed E-state index contributed by atoms with van der Waals surface area (Å²) in [6, 6.07) is 4.24. The van der Waals surface area contributed by atoms with Gasteiger partial charge in [-0.25, -0.2) is 0 Å². The van der Waals surface area contributed by atoms with Crippen molar-refractivity contribution in [1.82, 2.24) is 0 Å². The first-order chi connectivity index (χ1) is 5.20. The topological polar surface area (TPSA) is 26.0 Å². The Labute approximate surface area is 71.5 Å². The van der Waals surface area contributed by atoms with Gasteiger partial charge in [0.1, 0.15) is 0 Å². The Kier molecular flexibility index (Phi) is 2.85. The lowest BCUT2D eigenvalue weighted by atomic mass is 10.1. The highest BCUT2D eigenvalue weighted by Crippen LogP contribution is 2.21. The molecule has 0 unspecified atom stereocenters. The number of rotatable bonds is 3. The molecule has 2 heteroatoms. The van der Waals surface area contributed by atoms with Crippen molar-refractivity contribution in [2.75, 3.05) is 0 Å². The summed E-state index contributed by atoms with van der Waals surface area (Å²) < 4.78 is 0. The van der Waals surface area contributed by atoms with Crippen LogP contribution in [0.25, 0.3) is 0 Å². The Hall–Kier alpha value is -0.600. The molecule has 0 bridgehead atoms. The van der Waals surface area contributed by atoms with Gasteiger partial charge in [-0.1, -0.05) is 11.6 Å². The van der Waals surface area contributed by atoms with Crippen molar-refractivity contribution in [3.8, 4) is 0 Å². The Morgan fingerprint density at radius 3 is 3.00 bits per heavy atom. The van der Waals surface area contributed by atoms with Gasteiger partial charge in [-0.2, -0.15) is 0 Å². The molecule has 0 fully saturated rings. The molecule has 0 saturated heterocycles. The van der Waals surface area contributed by atoms with Gasteiger partial charge >= 0.3 is 0 Å². The van der Waals surface area contributed by atoms with Crippen LogP contribution in [0, 0.1) is 0 Å². The number of hydrogen-bond donors (Lipinski definition) is 1. The lowest BCUT2D eigenvalue weighted by molar-refractivity contribution is 0.731. The lowest BCUT2D eigenvalue weighted by Crippen LogP contribution is -2.08. The van der Waals surface area contributed by atoms with Crippen molar-refractivity contribution in [3.05, 3.63) is 34.5 Å². The van der Waals surface area contributed by atoms with E-state index >= 15 is 0 Å². The van der Waals surface area contributed by atoms with E-state index < -0.39 is 0 Å². The van der Waals surface area contributed by atoms with Crippen molar-refractivity contribution in [2.45, 2.75) is 19.4 Å². The molecule has 0 aliphatic carbocycles. The summed E-state index contributed by atoms with van der Waals surface area (Å²) in [7, 11) is 0. The predicted molar refractivity (Wildman–Crippen MR) is 50.7 cm³/mol. The number of nitrogens with two attached hydrogens (primary N) is 1. The highest BCUT2D eigenvalue weighted by Gasteiger charge is 2.05. The van der Waals surface area contributed by atoms with Crippen LogP contribution in [0.1, 0.15) is 24.3 Å². The molecule has 0 spiro atoms. The van der Waals surface area contributed by atoms with Gasteiger partial charge < -0.3 is 5.73 Å². The first-order valence-corrected chi connectivity index (χ1v) is 4.51. The molecular weight excluding hydrogens is 154 g/mol. The molecule has 0 amide bonds. The SMILES string of the molecule is C=C(C)C[C@@H](N)c1cccs1. The highest BCUT2D eigenvalue weighted by atomic mass is 32.1. The van der Waals surface area contributed by atoms with E-state index in [9.17, 15) is 0 Å². The summed E-state index contributed by atoms with van der Waals surface area (Å²) in [4.78, 5) is 1.24. The van der Waals surface area contributed by atoms with Gasteiger partial charge in [0.25, 0.3) is 0 Å². The van der Waals surface area contributed by atoms with Crippen LogP contribution < -0.4 is 5.73 Å². The first-order valence-electron chi connectivity index (χ1n) is 3.63. The highest BCUT2D eigenvalue weighted by molar-refractivity contribution is 7.10. The van der Waals surface area contributed by atoms with E-state index in [4.69, 9.17) is 5.73 Å². The van der Waals surface area contributed by atoms with Crippen LogP contribution in [0.2, 0.25) is 0 Å². The van der Waals surface area contributed by atoms with Crippen molar-refractivity contribution >= 4 is 11.3 Å². The van der Waals surface area contributed by atoms with Crippen LogP contribution in [-0.2, 0) is 0 Å². The molecule has 0 aliphatic heterocycles. The van der Waals surface area contributed by atoms with Gasteiger partial charge in [-0.3, -0.25) is 0 Å². The van der Waals surface area contributed by atoms with E-state index in [1.165, 1.54) is 4.88 Å². The van der Waals surface area contributed by atoms with Crippen molar-refractivity contribution < 1.29 is 0 Å². The zero-order valence-corrected chi connectivity index (χ0v) is 7.53. The van der Waals surface area contributed by atoms with E-state index in [2.05, 4.69) is 12.6 Å². The third-order valence-electron chi connectivity index (χ3n) is 1.48. The predicted octanol–water partition coefficient (Wildman–Crippen LogP) is 2.71. The van der Waals surface area contributed by atoms with Crippen LogP contribution in [0.4, 0.5) is 0 Å². The van der Waals surface area contributed by atoms with E-state index in [-0.39, 0.29) is 6.04 Å². The van der Waals surface area contributed by atoms with E-state index in [0.717, 1.165) is 12.0 Å². The average Bonchev–Trinajstić information content (AvgIpc) is 2.35.